The van der Waals surface area contributed by atoms with Gasteiger partial charge in [-0.15, -0.1) is 0 Å². The number of nitrogens with zero attached hydrogens (tertiary/aromatic N) is 8. The molecule has 11 nitrogen and oxygen atoms in total. The maximum atomic E-state index is 15.0. The fourth-order valence-corrected chi connectivity index (χ4v) is 7.21. The number of hydrogen-bond acceptors (Lipinski definition) is 8. The van der Waals surface area contributed by atoms with Crippen molar-refractivity contribution < 1.29 is 22.6 Å². The Morgan fingerprint density at radius 3 is 2.20 bits per heavy atom. The van der Waals surface area contributed by atoms with Gasteiger partial charge in [0.25, 0.3) is 0 Å². The second-order valence-electron chi connectivity index (χ2n) is 13.3. The standard InChI is InChI=1S/C37H41F3N8O3/c1-3-35(26(2)38)48-36(49)47(25-43-48)31-7-5-29(6-8-31)44-14-16-45(17-15-44)30-9-11-32(12-10-30)50-20-27-19-37(51-21-27,22-46-24-41-23-42-46)33-13-4-28(39)18-34(33)40/h4-13,18,23-27,35H,3,14-17,19-22H2,1-2H3/t26?,27-,35+,37+/m1/s1. The third-order valence-corrected chi connectivity index (χ3v) is 9.94. The third kappa shape index (κ3) is 7.23. The van der Waals surface area contributed by atoms with Crippen molar-refractivity contribution in [3.63, 3.8) is 0 Å². The summed E-state index contributed by atoms with van der Waals surface area (Å²) >= 11 is 0. The maximum Gasteiger partial charge on any atom is 0.350 e. The average Bonchev–Trinajstić information content (AvgIpc) is 3.90. The van der Waals surface area contributed by atoms with Crippen LogP contribution in [0.25, 0.3) is 5.69 Å². The summed E-state index contributed by atoms with van der Waals surface area (Å²) < 4.78 is 59.4. The first-order valence-electron chi connectivity index (χ1n) is 17.3. The molecule has 2 fully saturated rings. The number of hydrogen-bond donors (Lipinski definition) is 0. The topological polar surface area (TPSA) is 95.5 Å². The predicted molar refractivity (Wildman–Crippen MR) is 186 cm³/mol. The minimum absolute atomic E-state index is 0.0166. The van der Waals surface area contributed by atoms with Crippen LogP contribution in [0.15, 0.2) is 90.5 Å². The SMILES string of the molecule is CC[C@@H](C(C)F)n1ncn(-c2ccc(N3CCN(c4ccc(OC[C@@H]5CO[C@@](Cn6cncn6)(c6ccc(F)cc6F)C5)cc4)CC3)cc2)c1=O. The van der Waals surface area contributed by atoms with Gasteiger partial charge in [0.2, 0.25) is 0 Å². The number of anilines is 2. The van der Waals surface area contributed by atoms with Gasteiger partial charge in [0, 0.05) is 55.1 Å². The van der Waals surface area contributed by atoms with Gasteiger partial charge in [-0.1, -0.05) is 13.0 Å². The van der Waals surface area contributed by atoms with E-state index in [9.17, 15) is 18.0 Å². The molecule has 7 rings (SSSR count). The second-order valence-corrected chi connectivity index (χ2v) is 13.3. The average molecular weight is 703 g/mol. The zero-order chi connectivity index (χ0) is 35.5. The summed E-state index contributed by atoms with van der Waals surface area (Å²) in [5.41, 5.74) is 1.77. The Morgan fingerprint density at radius 2 is 1.59 bits per heavy atom. The van der Waals surface area contributed by atoms with Crippen LogP contribution in [0, 0.1) is 17.6 Å². The van der Waals surface area contributed by atoms with Crippen molar-refractivity contribution in [3.05, 3.63) is 113 Å². The molecule has 0 radical (unpaired) electrons. The van der Waals surface area contributed by atoms with Crippen molar-refractivity contribution in [3.8, 4) is 11.4 Å². The molecule has 4 atom stereocenters. The molecule has 51 heavy (non-hydrogen) atoms. The fraction of sp³-hybridized carbons (Fsp3) is 0.405. The van der Waals surface area contributed by atoms with E-state index >= 15 is 0 Å². The highest BCUT2D eigenvalue weighted by atomic mass is 19.1. The normalized spacial score (nSPS) is 20.5. The van der Waals surface area contributed by atoms with Crippen molar-refractivity contribution in [2.24, 2.45) is 5.92 Å². The zero-order valence-electron chi connectivity index (χ0n) is 28.6. The molecule has 2 aromatic heterocycles. The number of alkyl halides is 1. The van der Waals surface area contributed by atoms with Gasteiger partial charge < -0.3 is 19.3 Å². The quantitative estimate of drug-likeness (QED) is 0.167. The van der Waals surface area contributed by atoms with Gasteiger partial charge in [-0.2, -0.15) is 10.2 Å². The molecule has 14 heteroatoms. The van der Waals surface area contributed by atoms with Crippen LogP contribution in [-0.4, -0.2) is 74.7 Å². The maximum absolute atomic E-state index is 15.0. The molecule has 0 aliphatic carbocycles. The van der Waals surface area contributed by atoms with Crippen molar-refractivity contribution in [2.45, 2.75) is 51.0 Å². The smallest absolute Gasteiger partial charge is 0.350 e. The van der Waals surface area contributed by atoms with Crippen molar-refractivity contribution in [1.29, 1.82) is 0 Å². The predicted octanol–water partition coefficient (Wildman–Crippen LogP) is 5.55. The summed E-state index contributed by atoms with van der Waals surface area (Å²) in [6, 6.07) is 18.8. The monoisotopic (exact) mass is 702 g/mol. The van der Waals surface area contributed by atoms with E-state index in [0.717, 1.165) is 49.4 Å². The van der Waals surface area contributed by atoms with E-state index in [-0.39, 0.29) is 18.2 Å². The van der Waals surface area contributed by atoms with Crippen LogP contribution in [0.3, 0.4) is 0 Å². The fourth-order valence-electron chi connectivity index (χ4n) is 7.21. The number of ether oxygens (including phenoxy) is 2. The summed E-state index contributed by atoms with van der Waals surface area (Å²) in [5.74, 6) is -0.579. The molecule has 268 valence electrons. The lowest BCUT2D eigenvalue weighted by atomic mass is 9.87. The Bertz CT molecular complexity index is 1960. The minimum atomic E-state index is -1.18. The largest absolute Gasteiger partial charge is 0.493 e. The molecule has 0 spiro atoms. The van der Waals surface area contributed by atoms with Gasteiger partial charge in [0.15, 0.2) is 0 Å². The molecule has 2 aliphatic rings. The van der Waals surface area contributed by atoms with Crippen LogP contribution < -0.4 is 20.2 Å². The number of halogens is 3. The highest BCUT2D eigenvalue weighted by Crippen LogP contribution is 2.42. The number of piperazine rings is 1. The Hall–Kier alpha value is -5.11. The third-order valence-electron chi connectivity index (χ3n) is 9.94. The molecule has 2 aliphatic heterocycles. The first kappa shape index (κ1) is 34.3. The number of benzene rings is 3. The van der Waals surface area contributed by atoms with Crippen molar-refractivity contribution in [2.75, 3.05) is 49.2 Å². The molecular formula is C37H41F3N8O3. The summed E-state index contributed by atoms with van der Waals surface area (Å²) in [5, 5.41) is 8.35. The van der Waals surface area contributed by atoms with E-state index < -0.39 is 29.4 Å². The van der Waals surface area contributed by atoms with Gasteiger partial charge in [-0.3, -0.25) is 0 Å². The highest BCUT2D eigenvalue weighted by molar-refractivity contribution is 5.54. The first-order chi connectivity index (χ1) is 24.7. The number of aromatic nitrogens is 6. The Labute approximate surface area is 293 Å². The zero-order valence-corrected chi connectivity index (χ0v) is 28.6. The summed E-state index contributed by atoms with van der Waals surface area (Å²) in [4.78, 5) is 21.6. The summed E-state index contributed by atoms with van der Waals surface area (Å²) in [6.45, 7) is 7.60. The van der Waals surface area contributed by atoms with Crippen LogP contribution in [0.1, 0.15) is 38.3 Å². The number of rotatable bonds is 12. The lowest BCUT2D eigenvalue weighted by molar-refractivity contribution is -0.0206. The van der Waals surface area contributed by atoms with Gasteiger partial charge >= 0.3 is 5.69 Å². The van der Waals surface area contributed by atoms with E-state index in [0.29, 0.717) is 37.3 Å². The highest BCUT2D eigenvalue weighted by Gasteiger charge is 2.44. The molecule has 1 unspecified atom stereocenters. The minimum Gasteiger partial charge on any atom is -0.493 e. The molecule has 4 heterocycles. The van der Waals surface area contributed by atoms with E-state index in [1.165, 1.54) is 41.0 Å². The van der Waals surface area contributed by atoms with Gasteiger partial charge in [0.1, 0.15) is 48.1 Å². The van der Waals surface area contributed by atoms with Crippen LogP contribution in [-0.2, 0) is 16.9 Å². The molecule has 0 N–H and O–H groups in total. The molecule has 0 saturated carbocycles. The summed E-state index contributed by atoms with van der Waals surface area (Å²) in [6.07, 6.45) is 4.19. The van der Waals surface area contributed by atoms with Gasteiger partial charge in [-0.25, -0.2) is 36.9 Å². The van der Waals surface area contributed by atoms with Crippen molar-refractivity contribution in [1.82, 2.24) is 29.1 Å². The lowest BCUT2D eigenvalue weighted by Crippen LogP contribution is -2.46. The molecule has 0 amide bonds. The Morgan fingerprint density at radius 1 is 0.922 bits per heavy atom. The van der Waals surface area contributed by atoms with E-state index in [2.05, 4.69) is 37.1 Å². The molecule has 0 bridgehead atoms. The molecule has 3 aromatic carbocycles. The van der Waals surface area contributed by atoms with Crippen LogP contribution >= 0.6 is 0 Å². The molecule has 5 aromatic rings. The Balaban J connectivity index is 0.923. The lowest BCUT2D eigenvalue weighted by Gasteiger charge is -2.37. The van der Waals surface area contributed by atoms with Crippen LogP contribution in [0.5, 0.6) is 5.75 Å². The van der Waals surface area contributed by atoms with Crippen LogP contribution in [0.4, 0.5) is 24.5 Å². The van der Waals surface area contributed by atoms with E-state index in [1.54, 1.807) is 11.0 Å². The molecular weight excluding hydrogens is 661 g/mol. The van der Waals surface area contributed by atoms with Gasteiger partial charge in [0.05, 0.1) is 31.5 Å². The second kappa shape index (κ2) is 14.6. The van der Waals surface area contributed by atoms with Crippen LogP contribution in [0.2, 0.25) is 0 Å². The van der Waals surface area contributed by atoms with Gasteiger partial charge in [-0.05, 0) is 74.4 Å². The van der Waals surface area contributed by atoms with E-state index in [1.807, 2.05) is 43.3 Å². The Kier molecular flexibility index (Phi) is 9.85. The molecule has 2 saturated heterocycles. The van der Waals surface area contributed by atoms with Crippen molar-refractivity contribution >= 4 is 11.4 Å². The first-order valence-corrected chi connectivity index (χ1v) is 17.3. The van der Waals surface area contributed by atoms with E-state index in [4.69, 9.17) is 9.47 Å². The summed E-state index contributed by atoms with van der Waals surface area (Å²) in [7, 11) is 0.